The molecule has 1 saturated heterocycles. The van der Waals surface area contributed by atoms with Gasteiger partial charge in [-0.1, -0.05) is 32.4 Å². The second kappa shape index (κ2) is 8.05. The van der Waals surface area contributed by atoms with E-state index in [4.69, 9.17) is 16.3 Å². The van der Waals surface area contributed by atoms with Crippen molar-refractivity contribution in [1.82, 2.24) is 19.9 Å². The van der Waals surface area contributed by atoms with E-state index in [1.54, 1.807) is 31.2 Å². The predicted molar refractivity (Wildman–Crippen MR) is 123 cm³/mol. The van der Waals surface area contributed by atoms with Gasteiger partial charge in [0, 0.05) is 21.5 Å². The van der Waals surface area contributed by atoms with Gasteiger partial charge in [0.2, 0.25) is 11.9 Å². The fraction of sp³-hybridized carbons (Fsp3) is 0.409. The van der Waals surface area contributed by atoms with Gasteiger partial charge in [-0.15, -0.1) is 0 Å². The highest BCUT2D eigenvalue weighted by Gasteiger charge is 2.43. The summed E-state index contributed by atoms with van der Waals surface area (Å²) in [7, 11) is 0. The van der Waals surface area contributed by atoms with Crippen LogP contribution in [0.25, 0.3) is 10.9 Å². The lowest BCUT2D eigenvalue weighted by molar-refractivity contribution is 0.172. The number of hydrogen-bond donors (Lipinski definition) is 2. The number of carbonyl (C=O) groups excluding carboxylic acids is 1. The largest absolute Gasteiger partial charge is 0.447 e. The second-order valence-electron chi connectivity index (χ2n) is 8.99. The quantitative estimate of drug-likeness (QED) is 0.604. The van der Waals surface area contributed by atoms with Gasteiger partial charge in [0.25, 0.3) is 5.56 Å². The summed E-state index contributed by atoms with van der Waals surface area (Å²) in [5.74, 6) is 0.919. The number of aromatic nitrogens is 4. The minimum atomic E-state index is -0.489. The van der Waals surface area contributed by atoms with Crippen molar-refractivity contribution in [2.75, 3.05) is 16.8 Å². The molecule has 1 fully saturated rings. The smallest absolute Gasteiger partial charge is 0.417 e. The number of cyclic esters (lactones) is 1. The van der Waals surface area contributed by atoms with Crippen molar-refractivity contribution >= 4 is 40.5 Å². The lowest BCUT2D eigenvalue weighted by Crippen LogP contribution is -2.43. The first-order valence-corrected chi connectivity index (χ1v) is 10.7. The second-order valence-corrected chi connectivity index (χ2v) is 9.42. The zero-order valence-electron chi connectivity index (χ0n) is 18.6. The van der Waals surface area contributed by atoms with Gasteiger partial charge in [-0.05, 0) is 43.5 Å². The molecule has 0 spiro atoms. The average Bonchev–Trinajstić information content (AvgIpc) is 3.09. The predicted octanol–water partition coefficient (Wildman–Crippen LogP) is 4.22. The molecule has 1 aliphatic heterocycles. The van der Waals surface area contributed by atoms with Crippen LogP contribution in [-0.2, 0) is 4.74 Å². The van der Waals surface area contributed by atoms with Crippen LogP contribution >= 0.6 is 11.6 Å². The van der Waals surface area contributed by atoms with Gasteiger partial charge in [0.1, 0.15) is 12.4 Å². The number of aromatic amines is 1. The fourth-order valence-corrected chi connectivity index (χ4v) is 3.89. The molecule has 2 aromatic heterocycles. The third kappa shape index (κ3) is 4.25. The number of ether oxygens (including phenoxy) is 1. The number of anilines is 2. The maximum atomic E-state index is 12.6. The summed E-state index contributed by atoms with van der Waals surface area (Å²) in [6.45, 7) is 9.91. The highest BCUT2D eigenvalue weighted by molar-refractivity contribution is 6.31. The first kappa shape index (κ1) is 22.0. The van der Waals surface area contributed by atoms with E-state index in [1.165, 1.54) is 4.90 Å². The van der Waals surface area contributed by atoms with Crippen molar-refractivity contribution < 1.29 is 9.53 Å². The summed E-state index contributed by atoms with van der Waals surface area (Å²) in [6.07, 6.45) is -0.489. The molecule has 3 aromatic rings. The SMILES string of the molecule is Cc1nc(N[C@@H](C)c2cc3cc(Cl)ccc3[nH]c2=O)nc(N2C(=O)OC[C@@H]2C(C)(C)C)n1. The normalized spacial score (nSPS) is 17.5. The van der Waals surface area contributed by atoms with Crippen molar-refractivity contribution in [3.05, 3.63) is 51.0 Å². The Morgan fingerprint density at radius 3 is 2.69 bits per heavy atom. The van der Waals surface area contributed by atoms with E-state index in [0.29, 0.717) is 21.9 Å². The van der Waals surface area contributed by atoms with Crippen LogP contribution in [0.2, 0.25) is 5.02 Å². The lowest BCUT2D eigenvalue weighted by Gasteiger charge is -2.30. The number of carbonyl (C=O) groups is 1. The van der Waals surface area contributed by atoms with Gasteiger partial charge >= 0.3 is 6.09 Å². The van der Waals surface area contributed by atoms with Crippen LogP contribution in [0.5, 0.6) is 0 Å². The van der Waals surface area contributed by atoms with E-state index >= 15 is 0 Å². The molecule has 168 valence electrons. The van der Waals surface area contributed by atoms with Crippen LogP contribution in [0.15, 0.2) is 29.1 Å². The maximum absolute atomic E-state index is 12.6. The Morgan fingerprint density at radius 1 is 1.22 bits per heavy atom. The number of amides is 1. The minimum absolute atomic E-state index is 0.213. The summed E-state index contributed by atoms with van der Waals surface area (Å²) >= 11 is 6.10. The molecule has 32 heavy (non-hydrogen) atoms. The Morgan fingerprint density at radius 2 is 1.97 bits per heavy atom. The van der Waals surface area contributed by atoms with E-state index in [1.807, 2.05) is 27.7 Å². The average molecular weight is 457 g/mol. The molecule has 9 nitrogen and oxygen atoms in total. The molecule has 10 heteroatoms. The van der Waals surface area contributed by atoms with Crippen LogP contribution in [0.1, 0.15) is 45.1 Å². The molecule has 3 heterocycles. The summed E-state index contributed by atoms with van der Waals surface area (Å²) < 4.78 is 5.27. The zero-order valence-corrected chi connectivity index (χ0v) is 19.3. The molecule has 2 N–H and O–H groups in total. The van der Waals surface area contributed by atoms with Crippen molar-refractivity contribution in [2.24, 2.45) is 5.41 Å². The number of pyridine rings is 1. The standard InChI is InChI=1S/C22H25ClN6O3/c1-11(15-9-13-8-14(23)6-7-16(13)27-18(15)30)24-19-25-12(2)26-20(28-19)29-17(22(3,4)5)10-32-21(29)31/h6-9,11,17H,10H2,1-5H3,(H,27,30)(H,24,25,26,28)/t11-,17+/m0/s1. The number of hydrogen-bond acceptors (Lipinski definition) is 7. The molecule has 0 bridgehead atoms. The zero-order chi connectivity index (χ0) is 23.2. The highest BCUT2D eigenvalue weighted by Crippen LogP contribution is 2.32. The number of aryl methyl sites for hydroxylation is 1. The number of fused-ring (bicyclic) bond motifs is 1. The molecule has 0 saturated carbocycles. The number of benzene rings is 1. The molecule has 4 rings (SSSR count). The monoisotopic (exact) mass is 456 g/mol. The summed E-state index contributed by atoms with van der Waals surface area (Å²) in [5.41, 5.74) is 0.761. The molecule has 1 amide bonds. The van der Waals surface area contributed by atoms with Gasteiger partial charge in [-0.3, -0.25) is 4.79 Å². The number of rotatable bonds is 4. The highest BCUT2D eigenvalue weighted by atomic mass is 35.5. The Labute approximate surface area is 190 Å². The molecular weight excluding hydrogens is 432 g/mol. The number of halogens is 1. The fourth-order valence-electron chi connectivity index (χ4n) is 3.71. The molecule has 1 aliphatic rings. The lowest BCUT2D eigenvalue weighted by atomic mass is 9.87. The first-order valence-electron chi connectivity index (χ1n) is 10.3. The van der Waals surface area contributed by atoms with Crippen LogP contribution < -0.4 is 15.8 Å². The number of H-pyrrole nitrogens is 1. The van der Waals surface area contributed by atoms with Crippen LogP contribution in [0.4, 0.5) is 16.7 Å². The molecule has 0 radical (unpaired) electrons. The summed E-state index contributed by atoms with van der Waals surface area (Å²) in [6, 6.07) is 6.45. The van der Waals surface area contributed by atoms with Gasteiger partial charge in [0.15, 0.2) is 0 Å². The van der Waals surface area contributed by atoms with Gasteiger partial charge < -0.3 is 15.0 Å². The van der Waals surface area contributed by atoms with Gasteiger partial charge in [-0.25, -0.2) is 9.69 Å². The molecule has 0 unspecified atom stereocenters. The van der Waals surface area contributed by atoms with Crippen molar-refractivity contribution in [2.45, 2.75) is 46.7 Å². The maximum Gasteiger partial charge on any atom is 0.417 e. The van der Waals surface area contributed by atoms with Gasteiger partial charge in [-0.2, -0.15) is 15.0 Å². The molecule has 0 aliphatic carbocycles. The molecule has 1 aromatic carbocycles. The van der Waals surface area contributed by atoms with E-state index in [2.05, 4.69) is 25.3 Å². The molecule has 2 atom stereocenters. The third-order valence-corrected chi connectivity index (χ3v) is 5.71. The Bertz CT molecular complexity index is 1250. The minimum Gasteiger partial charge on any atom is -0.447 e. The third-order valence-electron chi connectivity index (χ3n) is 5.47. The summed E-state index contributed by atoms with van der Waals surface area (Å²) in [5, 5.41) is 4.56. The van der Waals surface area contributed by atoms with Crippen molar-refractivity contribution in [3.8, 4) is 0 Å². The van der Waals surface area contributed by atoms with Gasteiger partial charge in [0.05, 0.1) is 12.1 Å². The van der Waals surface area contributed by atoms with Crippen LogP contribution in [0, 0.1) is 12.3 Å². The Hall–Kier alpha value is -3.20. The Kier molecular flexibility index (Phi) is 5.54. The number of nitrogens with zero attached hydrogens (tertiary/aromatic N) is 4. The summed E-state index contributed by atoms with van der Waals surface area (Å²) in [4.78, 5) is 42.6. The van der Waals surface area contributed by atoms with Crippen molar-refractivity contribution in [3.63, 3.8) is 0 Å². The van der Waals surface area contributed by atoms with Crippen LogP contribution in [0.3, 0.4) is 0 Å². The van der Waals surface area contributed by atoms with E-state index < -0.39 is 12.1 Å². The number of nitrogens with one attached hydrogen (secondary N) is 2. The Balaban J connectivity index is 1.66. The molecular formula is C22H25ClN6O3. The van der Waals surface area contributed by atoms with Crippen molar-refractivity contribution in [1.29, 1.82) is 0 Å². The first-order chi connectivity index (χ1) is 15.0. The topological polar surface area (TPSA) is 113 Å². The van der Waals surface area contributed by atoms with Crippen LogP contribution in [-0.4, -0.2) is 38.7 Å². The van der Waals surface area contributed by atoms with E-state index in [9.17, 15) is 9.59 Å². The van der Waals surface area contributed by atoms with E-state index in [-0.39, 0.29) is 35.5 Å². The van der Waals surface area contributed by atoms with E-state index in [0.717, 1.165) is 5.39 Å².